The third-order valence-corrected chi connectivity index (χ3v) is 3.46. The van der Waals surface area contributed by atoms with Gasteiger partial charge in [-0.1, -0.05) is 6.07 Å². The largest absolute Gasteiger partial charge is 0.504 e. The van der Waals surface area contributed by atoms with Gasteiger partial charge in [0, 0.05) is 18.7 Å². The molecule has 0 amide bonds. The number of hydrogen-bond donors (Lipinski definition) is 3. The van der Waals surface area contributed by atoms with Crippen LogP contribution >= 0.6 is 0 Å². The lowest BCUT2D eigenvalue weighted by atomic mass is 10.2. The molecule has 2 aromatic rings. The average molecular weight is 349 g/mol. The molecule has 0 heterocycles. The Labute approximate surface area is 145 Å². The van der Waals surface area contributed by atoms with Crippen LogP contribution in [0.1, 0.15) is 18.1 Å². The minimum Gasteiger partial charge on any atom is -0.504 e. The SMILES string of the molecule is CCNC(=NCc1ccc(OC)c(O)c1)NCc1cc(F)ccc1F. The van der Waals surface area contributed by atoms with Crippen molar-refractivity contribution in [1.82, 2.24) is 10.6 Å². The molecule has 0 saturated carbocycles. The van der Waals surface area contributed by atoms with Gasteiger partial charge in [0.15, 0.2) is 17.5 Å². The number of hydrogen-bond acceptors (Lipinski definition) is 3. The molecule has 134 valence electrons. The number of phenolic OH excluding ortho intramolecular Hbond substituents is 1. The van der Waals surface area contributed by atoms with Gasteiger partial charge in [-0.3, -0.25) is 0 Å². The highest BCUT2D eigenvalue weighted by Crippen LogP contribution is 2.26. The summed E-state index contributed by atoms with van der Waals surface area (Å²) in [6.45, 7) is 2.92. The van der Waals surface area contributed by atoms with E-state index in [0.717, 1.165) is 23.8 Å². The molecular weight excluding hydrogens is 328 g/mol. The van der Waals surface area contributed by atoms with E-state index in [9.17, 15) is 13.9 Å². The number of aromatic hydroxyl groups is 1. The summed E-state index contributed by atoms with van der Waals surface area (Å²) in [6, 6.07) is 8.33. The molecule has 0 aliphatic heterocycles. The first-order valence-electron chi connectivity index (χ1n) is 7.85. The van der Waals surface area contributed by atoms with E-state index >= 15 is 0 Å². The lowest BCUT2D eigenvalue weighted by Gasteiger charge is -2.12. The summed E-state index contributed by atoms with van der Waals surface area (Å²) in [5.74, 6) is -0.0884. The third-order valence-electron chi connectivity index (χ3n) is 3.46. The van der Waals surface area contributed by atoms with Crippen molar-refractivity contribution >= 4 is 5.96 Å². The van der Waals surface area contributed by atoms with Crippen molar-refractivity contribution in [3.63, 3.8) is 0 Å². The van der Waals surface area contributed by atoms with Crippen molar-refractivity contribution in [2.75, 3.05) is 13.7 Å². The molecule has 2 rings (SSSR count). The summed E-state index contributed by atoms with van der Waals surface area (Å²) in [5.41, 5.74) is 1.00. The van der Waals surface area contributed by atoms with Crippen LogP contribution in [0, 0.1) is 11.6 Å². The van der Waals surface area contributed by atoms with Gasteiger partial charge in [0.05, 0.1) is 13.7 Å². The Hall–Kier alpha value is -2.83. The summed E-state index contributed by atoms with van der Waals surface area (Å²) < 4.78 is 31.9. The van der Waals surface area contributed by atoms with Crippen molar-refractivity contribution < 1.29 is 18.6 Å². The van der Waals surface area contributed by atoms with Crippen LogP contribution in [0.3, 0.4) is 0 Å². The Balaban J connectivity index is 2.05. The van der Waals surface area contributed by atoms with E-state index in [-0.39, 0.29) is 17.9 Å². The second-order valence-electron chi connectivity index (χ2n) is 5.29. The van der Waals surface area contributed by atoms with Crippen LogP contribution in [0.4, 0.5) is 8.78 Å². The van der Waals surface area contributed by atoms with E-state index in [1.807, 2.05) is 6.92 Å². The van der Waals surface area contributed by atoms with Crippen LogP contribution in [0.15, 0.2) is 41.4 Å². The van der Waals surface area contributed by atoms with Crippen molar-refractivity contribution in [2.45, 2.75) is 20.0 Å². The third kappa shape index (κ3) is 5.34. The minimum absolute atomic E-state index is 0.0370. The summed E-state index contributed by atoms with van der Waals surface area (Å²) in [5, 5.41) is 15.8. The topological polar surface area (TPSA) is 65.9 Å². The van der Waals surface area contributed by atoms with E-state index in [2.05, 4.69) is 15.6 Å². The zero-order valence-electron chi connectivity index (χ0n) is 14.1. The zero-order chi connectivity index (χ0) is 18.2. The van der Waals surface area contributed by atoms with Gasteiger partial charge in [0.2, 0.25) is 0 Å². The molecule has 0 aliphatic rings. The van der Waals surface area contributed by atoms with Gasteiger partial charge in [-0.15, -0.1) is 0 Å². The summed E-state index contributed by atoms with van der Waals surface area (Å²) in [7, 11) is 1.48. The number of nitrogens with one attached hydrogen (secondary N) is 2. The van der Waals surface area contributed by atoms with E-state index in [1.165, 1.54) is 7.11 Å². The average Bonchev–Trinajstić information content (AvgIpc) is 2.60. The normalized spacial score (nSPS) is 11.3. The number of guanidine groups is 1. The maximum Gasteiger partial charge on any atom is 0.191 e. The van der Waals surface area contributed by atoms with Gasteiger partial charge in [0.25, 0.3) is 0 Å². The molecule has 0 spiro atoms. The van der Waals surface area contributed by atoms with Crippen molar-refractivity contribution in [2.24, 2.45) is 4.99 Å². The van der Waals surface area contributed by atoms with Crippen LogP contribution in [-0.2, 0) is 13.1 Å². The lowest BCUT2D eigenvalue weighted by molar-refractivity contribution is 0.373. The van der Waals surface area contributed by atoms with E-state index < -0.39 is 11.6 Å². The molecule has 0 unspecified atom stereocenters. The summed E-state index contributed by atoms with van der Waals surface area (Å²) in [4.78, 5) is 4.37. The van der Waals surface area contributed by atoms with Crippen molar-refractivity contribution in [1.29, 1.82) is 0 Å². The fraction of sp³-hybridized carbons (Fsp3) is 0.278. The first-order valence-corrected chi connectivity index (χ1v) is 7.85. The van der Waals surface area contributed by atoms with Gasteiger partial charge >= 0.3 is 0 Å². The number of phenols is 1. The molecule has 5 nitrogen and oxygen atoms in total. The molecule has 0 saturated heterocycles. The highest BCUT2D eigenvalue weighted by Gasteiger charge is 2.06. The van der Waals surface area contributed by atoms with E-state index in [4.69, 9.17) is 4.74 Å². The van der Waals surface area contributed by atoms with Crippen LogP contribution in [-0.4, -0.2) is 24.7 Å². The number of methoxy groups -OCH3 is 1. The van der Waals surface area contributed by atoms with E-state index in [1.54, 1.807) is 18.2 Å². The van der Waals surface area contributed by atoms with Gasteiger partial charge in [0.1, 0.15) is 11.6 Å². The predicted molar refractivity (Wildman–Crippen MR) is 92.7 cm³/mol. The molecule has 0 atom stereocenters. The fourth-order valence-electron chi connectivity index (χ4n) is 2.20. The van der Waals surface area contributed by atoms with Gasteiger partial charge in [-0.05, 0) is 42.8 Å². The molecule has 3 N–H and O–H groups in total. The standard InChI is InChI=1S/C18H21F2N3O2/c1-3-21-18(23-11-13-9-14(19)5-6-15(13)20)22-10-12-4-7-17(25-2)16(24)8-12/h4-9,24H,3,10-11H2,1-2H3,(H2,21,22,23). The minimum atomic E-state index is -0.492. The van der Waals surface area contributed by atoms with Crippen LogP contribution < -0.4 is 15.4 Å². The molecule has 0 aromatic heterocycles. The molecule has 2 aromatic carbocycles. The Bertz CT molecular complexity index is 751. The van der Waals surface area contributed by atoms with E-state index in [0.29, 0.717) is 24.8 Å². The Morgan fingerprint density at radius 2 is 1.96 bits per heavy atom. The number of aliphatic imine (C=N–C) groups is 1. The maximum absolute atomic E-state index is 13.7. The Morgan fingerprint density at radius 1 is 1.16 bits per heavy atom. The molecule has 7 heteroatoms. The smallest absolute Gasteiger partial charge is 0.191 e. The predicted octanol–water partition coefficient (Wildman–Crippen LogP) is 2.93. The lowest BCUT2D eigenvalue weighted by Crippen LogP contribution is -2.37. The number of rotatable bonds is 6. The molecule has 0 bridgehead atoms. The zero-order valence-corrected chi connectivity index (χ0v) is 14.1. The maximum atomic E-state index is 13.7. The molecule has 0 fully saturated rings. The number of ether oxygens (including phenoxy) is 1. The number of nitrogens with zero attached hydrogens (tertiary/aromatic N) is 1. The molecule has 0 aliphatic carbocycles. The van der Waals surface area contributed by atoms with Crippen molar-refractivity contribution in [3.05, 3.63) is 59.2 Å². The second kappa shape index (κ2) is 8.86. The van der Waals surface area contributed by atoms with Gasteiger partial charge in [-0.25, -0.2) is 13.8 Å². The first kappa shape index (κ1) is 18.5. The van der Waals surface area contributed by atoms with Crippen LogP contribution in [0.5, 0.6) is 11.5 Å². The summed E-state index contributed by atoms with van der Waals surface area (Å²) >= 11 is 0. The quantitative estimate of drug-likeness (QED) is 0.554. The van der Waals surface area contributed by atoms with Gasteiger partial charge < -0.3 is 20.5 Å². The van der Waals surface area contributed by atoms with Gasteiger partial charge in [-0.2, -0.15) is 0 Å². The first-order chi connectivity index (χ1) is 12.0. The molecular formula is C18H21F2N3O2. The second-order valence-corrected chi connectivity index (χ2v) is 5.29. The molecule has 25 heavy (non-hydrogen) atoms. The molecule has 0 radical (unpaired) electrons. The Kier molecular flexibility index (Phi) is 6.56. The fourth-order valence-corrected chi connectivity index (χ4v) is 2.20. The summed E-state index contributed by atoms with van der Waals surface area (Å²) in [6.07, 6.45) is 0. The number of halogens is 2. The van der Waals surface area contributed by atoms with Crippen LogP contribution in [0.25, 0.3) is 0 Å². The number of benzene rings is 2. The van der Waals surface area contributed by atoms with Crippen LogP contribution in [0.2, 0.25) is 0 Å². The van der Waals surface area contributed by atoms with Crippen molar-refractivity contribution in [3.8, 4) is 11.5 Å². The highest BCUT2D eigenvalue weighted by molar-refractivity contribution is 5.79. The monoisotopic (exact) mass is 349 g/mol. The highest BCUT2D eigenvalue weighted by atomic mass is 19.1. The Morgan fingerprint density at radius 3 is 2.64 bits per heavy atom.